The topological polar surface area (TPSA) is 32.8 Å². The normalized spacial score (nSPS) is 22.8. The second-order valence-electron chi connectivity index (χ2n) is 12.2. The minimum absolute atomic E-state index is 0.341. The van der Waals surface area contributed by atoms with Crippen LogP contribution in [-0.2, 0) is 11.2 Å². The number of carbonyl (C=O) groups excluding carboxylic acids is 1. The van der Waals surface area contributed by atoms with E-state index in [1.807, 2.05) is 0 Å². The molecule has 2 heterocycles. The number of fused-ring (bicyclic) bond motifs is 1. The molecule has 1 saturated heterocycles. The van der Waals surface area contributed by atoms with Crippen LogP contribution in [0.25, 0.3) is 0 Å². The second kappa shape index (κ2) is 13.1. The molecule has 0 unspecified atom stereocenters. The molecular formula is C31H50N2O2. The van der Waals surface area contributed by atoms with Crippen LogP contribution in [0.15, 0.2) is 24.3 Å². The van der Waals surface area contributed by atoms with Crippen LogP contribution in [0.1, 0.15) is 96.5 Å². The van der Waals surface area contributed by atoms with Gasteiger partial charge in [-0.1, -0.05) is 70.6 Å². The van der Waals surface area contributed by atoms with Crippen molar-refractivity contribution in [2.45, 2.75) is 97.3 Å². The average molecular weight is 483 g/mol. The Balaban J connectivity index is 1.36. The summed E-state index contributed by atoms with van der Waals surface area (Å²) < 4.78 is 6.28. The van der Waals surface area contributed by atoms with Gasteiger partial charge in [-0.15, -0.1) is 0 Å². The first kappa shape index (κ1) is 26.5. The van der Waals surface area contributed by atoms with E-state index in [4.69, 9.17) is 4.74 Å². The Morgan fingerprint density at radius 3 is 2.54 bits per heavy atom. The lowest BCUT2D eigenvalue weighted by Gasteiger charge is -2.45. The molecule has 1 aliphatic carbocycles. The molecule has 0 aromatic heterocycles. The minimum atomic E-state index is 0.341. The zero-order valence-corrected chi connectivity index (χ0v) is 22.6. The predicted molar refractivity (Wildman–Crippen MR) is 145 cm³/mol. The molecule has 2 fully saturated rings. The number of para-hydroxylation sites is 1. The van der Waals surface area contributed by atoms with Crippen LogP contribution < -0.4 is 4.74 Å². The minimum Gasteiger partial charge on any atom is -0.492 e. The Labute approximate surface area is 214 Å². The maximum absolute atomic E-state index is 13.0. The van der Waals surface area contributed by atoms with Crippen molar-refractivity contribution in [2.75, 3.05) is 39.3 Å². The van der Waals surface area contributed by atoms with E-state index in [1.165, 1.54) is 56.9 Å². The van der Waals surface area contributed by atoms with Crippen LogP contribution in [0.2, 0.25) is 0 Å². The molecule has 1 saturated carbocycles. The molecule has 1 spiro atoms. The Kier molecular flexibility index (Phi) is 9.94. The lowest BCUT2D eigenvalue weighted by atomic mass is 9.73. The van der Waals surface area contributed by atoms with Crippen molar-refractivity contribution in [3.05, 3.63) is 29.8 Å². The van der Waals surface area contributed by atoms with E-state index in [0.29, 0.717) is 17.2 Å². The molecule has 2 aliphatic heterocycles. The highest BCUT2D eigenvalue weighted by Gasteiger charge is 2.37. The van der Waals surface area contributed by atoms with Crippen molar-refractivity contribution in [2.24, 2.45) is 17.3 Å². The summed E-state index contributed by atoms with van der Waals surface area (Å²) >= 11 is 0. The summed E-state index contributed by atoms with van der Waals surface area (Å²) in [6, 6.07) is 8.61. The van der Waals surface area contributed by atoms with Gasteiger partial charge in [0.25, 0.3) is 0 Å². The Morgan fingerprint density at radius 2 is 1.77 bits per heavy atom. The zero-order valence-electron chi connectivity index (χ0n) is 22.6. The van der Waals surface area contributed by atoms with Gasteiger partial charge in [-0.05, 0) is 67.4 Å². The highest BCUT2D eigenvalue weighted by Crippen LogP contribution is 2.39. The number of ether oxygens (including phenoxy) is 1. The number of hydrogen-bond acceptors (Lipinski definition) is 3. The van der Waals surface area contributed by atoms with Crippen LogP contribution in [0.4, 0.5) is 0 Å². The molecule has 0 atom stereocenters. The zero-order chi connectivity index (χ0) is 24.5. The third-order valence-corrected chi connectivity index (χ3v) is 8.89. The number of benzene rings is 1. The number of hydrogen-bond donors (Lipinski definition) is 0. The molecule has 35 heavy (non-hydrogen) atoms. The van der Waals surface area contributed by atoms with Crippen LogP contribution in [0.3, 0.4) is 0 Å². The summed E-state index contributed by atoms with van der Waals surface area (Å²) in [4.78, 5) is 17.9. The van der Waals surface area contributed by atoms with Crippen molar-refractivity contribution in [1.82, 2.24) is 9.80 Å². The van der Waals surface area contributed by atoms with Gasteiger partial charge in [0.05, 0.1) is 0 Å². The van der Waals surface area contributed by atoms with Gasteiger partial charge in [0, 0.05) is 39.1 Å². The average Bonchev–Trinajstić information content (AvgIpc) is 2.86. The third kappa shape index (κ3) is 7.97. The first-order valence-electron chi connectivity index (χ1n) is 14.7. The molecule has 1 amide bonds. The SMILES string of the molecule is CC(C)CN1CCOc2ccccc2CCCCC2(CCN(C(=O)CCC3CCCCC3)CC2)C1. The number of likely N-dealkylation sites (tertiary alicyclic amines) is 1. The first-order chi connectivity index (χ1) is 17.0. The van der Waals surface area contributed by atoms with Gasteiger partial charge >= 0.3 is 0 Å². The molecule has 1 aromatic carbocycles. The van der Waals surface area contributed by atoms with E-state index in [9.17, 15) is 4.79 Å². The molecule has 0 N–H and O–H groups in total. The number of nitrogens with zero attached hydrogens (tertiary/aromatic N) is 2. The van der Waals surface area contributed by atoms with Crippen molar-refractivity contribution in [3.63, 3.8) is 0 Å². The fraction of sp³-hybridized carbons (Fsp3) is 0.774. The van der Waals surface area contributed by atoms with E-state index < -0.39 is 0 Å². The molecule has 1 aromatic rings. The first-order valence-corrected chi connectivity index (χ1v) is 14.7. The summed E-state index contributed by atoms with van der Waals surface area (Å²) in [5.74, 6) is 2.94. The molecule has 4 heteroatoms. The summed E-state index contributed by atoms with van der Waals surface area (Å²) in [6.07, 6.45) is 15.9. The Bertz CT molecular complexity index is 778. The van der Waals surface area contributed by atoms with Gasteiger partial charge < -0.3 is 9.64 Å². The van der Waals surface area contributed by atoms with Gasteiger partial charge in [-0.2, -0.15) is 0 Å². The van der Waals surface area contributed by atoms with Crippen molar-refractivity contribution >= 4 is 5.91 Å². The number of aryl methyl sites for hydroxylation is 1. The molecule has 0 bridgehead atoms. The summed E-state index contributed by atoms with van der Waals surface area (Å²) in [5, 5.41) is 0. The predicted octanol–water partition coefficient (Wildman–Crippen LogP) is 6.72. The maximum Gasteiger partial charge on any atom is 0.222 e. The van der Waals surface area contributed by atoms with E-state index in [2.05, 4.69) is 47.9 Å². The van der Waals surface area contributed by atoms with E-state index >= 15 is 0 Å². The molecule has 196 valence electrons. The fourth-order valence-electron chi connectivity index (χ4n) is 6.86. The third-order valence-electron chi connectivity index (χ3n) is 8.89. The van der Waals surface area contributed by atoms with Crippen molar-refractivity contribution in [3.8, 4) is 5.75 Å². The smallest absolute Gasteiger partial charge is 0.222 e. The molecular weight excluding hydrogens is 432 g/mol. The molecule has 4 nitrogen and oxygen atoms in total. The second-order valence-corrected chi connectivity index (χ2v) is 12.2. The lowest BCUT2D eigenvalue weighted by molar-refractivity contribution is -0.134. The van der Waals surface area contributed by atoms with E-state index in [1.54, 1.807) is 0 Å². The standard InChI is InChI=1S/C31H50N2O2/c1-26(2)24-32-22-23-35-29-14-7-6-12-28(29)13-8-9-17-31(25-32)18-20-33(21-19-31)30(34)16-15-27-10-4-3-5-11-27/h6-7,12,14,26-27H,3-5,8-11,13,15-25H2,1-2H3. The number of carbonyl (C=O) groups is 1. The van der Waals surface area contributed by atoms with Crippen LogP contribution in [0, 0.1) is 17.3 Å². The summed E-state index contributed by atoms with van der Waals surface area (Å²) in [7, 11) is 0. The van der Waals surface area contributed by atoms with Gasteiger partial charge in [0.2, 0.25) is 5.91 Å². The fourth-order valence-corrected chi connectivity index (χ4v) is 6.86. The Hall–Kier alpha value is -1.55. The number of rotatable bonds is 5. The van der Waals surface area contributed by atoms with Crippen molar-refractivity contribution < 1.29 is 9.53 Å². The van der Waals surface area contributed by atoms with Crippen LogP contribution >= 0.6 is 0 Å². The summed E-state index contributed by atoms with van der Waals surface area (Å²) in [5.41, 5.74) is 1.70. The van der Waals surface area contributed by atoms with E-state index in [-0.39, 0.29) is 0 Å². The van der Waals surface area contributed by atoms with Crippen molar-refractivity contribution in [1.29, 1.82) is 0 Å². The quantitative estimate of drug-likeness (QED) is 0.467. The van der Waals surface area contributed by atoms with Crippen LogP contribution in [-0.4, -0.2) is 55.0 Å². The highest BCUT2D eigenvalue weighted by molar-refractivity contribution is 5.76. The highest BCUT2D eigenvalue weighted by atomic mass is 16.5. The number of piperidine rings is 1. The van der Waals surface area contributed by atoms with Gasteiger partial charge in [-0.25, -0.2) is 0 Å². The number of amides is 1. The van der Waals surface area contributed by atoms with Crippen LogP contribution in [0.5, 0.6) is 5.75 Å². The largest absolute Gasteiger partial charge is 0.492 e. The molecule has 3 aliphatic rings. The maximum atomic E-state index is 13.0. The lowest BCUT2D eigenvalue weighted by Crippen LogP contribution is -2.49. The summed E-state index contributed by atoms with van der Waals surface area (Å²) in [6.45, 7) is 10.6. The van der Waals surface area contributed by atoms with Gasteiger partial charge in [0.15, 0.2) is 0 Å². The van der Waals surface area contributed by atoms with Gasteiger partial charge in [-0.3, -0.25) is 9.69 Å². The Morgan fingerprint density at radius 1 is 1.00 bits per heavy atom. The molecule has 0 radical (unpaired) electrons. The molecule has 4 rings (SSSR count). The monoisotopic (exact) mass is 482 g/mol. The van der Waals surface area contributed by atoms with E-state index in [0.717, 1.165) is 83.1 Å². The van der Waals surface area contributed by atoms with Gasteiger partial charge in [0.1, 0.15) is 12.4 Å².